The fraction of sp³-hybridized carbons (Fsp3) is 0.556. The molecular weight excluding hydrogens is 572 g/mol. The first-order chi connectivity index (χ1) is 21.5. The Hall–Kier alpha value is -3.08. The van der Waals surface area contributed by atoms with E-state index < -0.39 is 41.9 Å². The van der Waals surface area contributed by atoms with Gasteiger partial charge < -0.3 is 34.7 Å². The highest BCUT2D eigenvalue weighted by Gasteiger charge is 2.76. The first-order valence-corrected chi connectivity index (χ1v) is 16.2. The molecule has 3 saturated carbocycles. The summed E-state index contributed by atoms with van der Waals surface area (Å²) in [7, 11) is 1.80. The van der Waals surface area contributed by atoms with Crippen molar-refractivity contribution in [1.29, 1.82) is 0 Å². The molecule has 9 nitrogen and oxygen atoms in total. The topological polar surface area (TPSA) is 133 Å². The van der Waals surface area contributed by atoms with Crippen molar-refractivity contribution in [3.8, 4) is 0 Å². The van der Waals surface area contributed by atoms with E-state index in [0.717, 1.165) is 18.4 Å². The fourth-order valence-corrected chi connectivity index (χ4v) is 9.98. The van der Waals surface area contributed by atoms with Crippen LogP contribution in [-0.4, -0.2) is 64.0 Å². The molecule has 7 rings (SSSR count). The maximum absolute atomic E-state index is 13.9. The zero-order valence-corrected chi connectivity index (χ0v) is 26.3. The highest BCUT2D eigenvalue weighted by Crippen LogP contribution is 2.70. The molecule has 45 heavy (non-hydrogen) atoms. The number of aromatic nitrogens is 1. The zero-order chi connectivity index (χ0) is 31.7. The third kappa shape index (κ3) is 4.46. The number of hydrogen-bond acceptors (Lipinski definition) is 8. The number of rotatable bonds is 6. The summed E-state index contributed by atoms with van der Waals surface area (Å²) in [5.74, 6) is -0.270. The first kappa shape index (κ1) is 30.6. The number of fused-ring (bicyclic) bond motifs is 7. The highest BCUT2D eigenvalue weighted by atomic mass is 16.7. The largest absolute Gasteiger partial charge is 0.399 e. The van der Waals surface area contributed by atoms with Gasteiger partial charge in [0.05, 0.1) is 36.8 Å². The molecule has 1 saturated heterocycles. The summed E-state index contributed by atoms with van der Waals surface area (Å²) in [6, 6.07) is 10.8. The number of nitrogens with zero attached hydrogens (tertiary/aromatic N) is 1. The minimum absolute atomic E-state index is 0.0108. The number of nitrogens with two attached hydrogens (primary N) is 1. The van der Waals surface area contributed by atoms with Crippen molar-refractivity contribution >= 4 is 17.3 Å². The Morgan fingerprint density at radius 3 is 2.64 bits per heavy atom. The summed E-state index contributed by atoms with van der Waals surface area (Å²) >= 11 is 0. The van der Waals surface area contributed by atoms with E-state index in [1.54, 1.807) is 29.8 Å². The summed E-state index contributed by atoms with van der Waals surface area (Å²) in [6.45, 7) is 4.72. The molecule has 0 spiro atoms. The predicted octanol–water partition coefficient (Wildman–Crippen LogP) is 4.08. The molecular formula is C36H44N2O7. The molecule has 240 valence electrons. The molecule has 3 heterocycles. The molecule has 3 aliphatic carbocycles. The van der Waals surface area contributed by atoms with Crippen LogP contribution in [0.15, 0.2) is 60.2 Å². The molecule has 4 fully saturated rings. The second-order valence-corrected chi connectivity index (χ2v) is 14.1. The molecule has 0 bridgehead atoms. The average molecular weight is 617 g/mol. The smallest absolute Gasteiger partial charge is 0.200 e. The van der Waals surface area contributed by atoms with Gasteiger partial charge in [-0.15, -0.1) is 0 Å². The SMILES string of the molecule is Cn1c(C(=O)Cc2ccc(N)cc2)ccc1[C@@H]1O[C@@H]2C[C@H]3[C@@H]4CC/C5=C/COC/C=C\[C@]5(C)[C@H]4[C@@H](O)C[C@]3(C)[C@]2(C(=O)CO)O1. The lowest BCUT2D eigenvalue weighted by molar-refractivity contribution is -0.201. The number of carbonyl (C=O) groups excluding carboxylic acids is 2. The van der Waals surface area contributed by atoms with E-state index in [0.29, 0.717) is 43.1 Å². The van der Waals surface area contributed by atoms with Gasteiger partial charge in [-0.25, -0.2) is 0 Å². The number of carbonyl (C=O) groups is 2. The second-order valence-electron chi connectivity index (χ2n) is 14.1. The lowest BCUT2D eigenvalue weighted by Gasteiger charge is -2.59. The van der Waals surface area contributed by atoms with Crippen molar-refractivity contribution in [2.45, 2.75) is 70.1 Å². The first-order valence-electron chi connectivity index (χ1n) is 16.2. The van der Waals surface area contributed by atoms with Crippen LogP contribution in [0.3, 0.4) is 0 Å². The van der Waals surface area contributed by atoms with Gasteiger partial charge in [-0.3, -0.25) is 9.59 Å². The molecule has 2 aliphatic heterocycles. The monoisotopic (exact) mass is 616 g/mol. The van der Waals surface area contributed by atoms with Gasteiger partial charge in [-0.05, 0) is 67.3 Å². The van der Waals surface area contributed by atoms with Crippen molar-refractivity contribution in [2.75, 3.05) is 25.6 Å². The van der Waals surface area contributed by atoms with Crippen LogP contribution in [0.2, 0.25) is 0 Å². The summed E-state index contributed by atoms with van der Waals surface area (Å²) < 4.78 is 20.8. The zero-order valence-electron chi connectivity index (χ0n) is 26.3. The number of ketones is 2. The van der Waals surface area contributed by atoms with Gasteiger partial charge in [0.1, 0.15) is 6.61 Å². The molecule has 0 unspecified atom stereocenters. The molecule has 1 aromatic carbocycles. The molecule has 9 heteroatoms. The lowest BCUT2D eigenvalue weighted by atomic mass is 9.46. The normalized spacial score (nSPS) is 40.6. The number of hydrogen-bond donors (Lipinski definition) is 3. The van der Waals surface area contributed by atoms with Crippen LogP contribution in [0.1, 0.15) is 67.6 Å². The third-order valence-corrected chi connectivity index (χ3v) is 12.0. The van der Waals surface area contributed by atoms with Crippen LogP contribution < -0.4 is 5.73 Å². The average Bonchev–Trinajstić information content (AvgIpc) is 3.64. The van der Waals surface area contributed by atoms with Gasteiger partial charge in [0.25, 0.3) is 0 Å². The molecule has 1 aromatic heterocycles. The quantitative estimate of drug-likeness (QED) is 0.251. The van der Waals surface area contributed by atoms with Crippen molar-refractivity contribution < 1.29 is 34.0 Å². The number of ether oxygens (including phenoxy) is 3. The number of Topliss-reactive ketones (excluding diaryl/α,β-unsaturated/α-hetero) is 2. The minimum Gasteiger partial charge on any atom is -0.399 e. The van der Waals surface area contributed by atoms with Crippen LogP contribution in [0.25, 0.3) is 0 Å². The fourth-order valence-electron chi connectivity index (χ4n) is 9.98. The Morgan fingerprint density at radius 2 is 1.89 bits per heavy atom. The molecule has 9 atom stereocenters. The van der Waals surface area contributed by atoms with E-state index >= 15 is 0 Å². The Kier molecular flexibility index (Phi) is 7.49. The Balaban J connectivity index is 1.19. The highest BCUT2D eigenvalue weighted by molar-refractivity contribution is 5.96. The molecule has 0 radical (unpaired) electrons. The van der Waals surface area contributed by atoms with E-state index in [4.69, 9.17) is 19.9 Å². The van der Waals surface area contributed by atoms with Crippen LogP contribution in [0, 0.1) is 28.6 Å². The molecule has 4 N–H and O–H groups in total. The Morgan fingerprint density at radius 1 is 1.11 bits per heavy atom. The summed E-state index contributed by atoms with van der Waals surface area (Å²) in [4.78, 5) is 27.2. The van der Waals surface area contributed by atoms with Crippen LogP contribution >= 0.6 is 0 Å². The maximum Gasteiger partial charge on any atom is 0.200 e. The summed E-state index contributed by atoms with van der Waals surface area (Å²) in [5.41, 5.74) is 7.28. The second kappa shape index (κ2) is 11.0. The lowest BCUT2D eigenvalue weighted by Crippen LogP contribution is -2.63. The number of benzene rings is 1. The van der Waals surface area contributed by atoms with Crippen molar-refractivity contribution in [1.82, 2.24) is 4.57 Å². The number of anilines is 1. The van der Waals surface area contributed by atoms with Gasteiger partial charge in [-0.2, -0.15) is 0 Å². The van der Waals surface area contributed by atoms with Crippen LogP contribution in [-0.2, 0) is 32.5 Å². The molecule has 5 aliphatic rings. The molecule has 2 aromatic rings. The van der Waals surface area contributed by atoms with E-state index in [9.17, 15) is 19.8 Å². The van der Waals surface area contributed by atoms with Gasteiger partial charge in [-0.1, -0.05) is 49.8 Å². The van der Waals surface area contributed by atoms with E-state index in [2.05, 4.69) is 32.1 Å². The number of aliphatic hydroxyl groups excluding tert-OH is 2. The van der Waals surface area contributed by atoms with Gasteiger partial charge >= 0.3 is 0 Å². The van der Waals surface area contributed by atoms with Crippen LogP contribution in [0.5, 0.6) is 0 Å². The van der Waals surface area contributed by atoms with Gasteiger partial charge in [0.2, 0.25) is 6.29 Å². The van der Waals surface area contributed by atoms with E-state index in [1.807, 2.05) is 18.2 Å². The van der Waals surface area contributed by atoms with Crippen molar-refractivity contribution in [2.24, 2.45) is 35.6 Å². The van der Waals surface area contributed by atoms with Crippen molar-refractivity contribution in [3.05, 3.63) is 77.2 Å². The van der Waals surface area contributed by atoms with Gasteiger partial charge in [0.15, 0.2) is 17.2 Å². The Bertz CT molecular complexity index is 1560. The predicted molar refractivity (Wildman–Crippen MR) is 167 cm³/mol. The summed E-state index contributed by atoms with van der Waals surface area (Å²) in [5, 5.41) is 22.3. The standard InChI is InChI=1S/C36H44N2O7/c1-34-14-4-15-43-16-13-22(34)7-10-24-25-18-31-36(30(42)20-39,35(25,2)19-29(41)32(24)34)45-33(44-31)27-12-11-26(38(27)3)28(40)17-21-5-8-23(37)9-6-21/h4-6,8-9,11-14,24-25,29,31-33,39,41H,7,10,15-20,37H2,1-3H3/b14-4-,22-13-/t24-,25-,29-,31+,32+,33+,34-,35-,36+/m0/s1. The van der Waals surface area contributed by atoms with E-state index in [1.165, 1.54) is 5.57 Å². The number of nitrogen functional groups attached to an aromatic ring is 1. The maximum atomic E-state index is 13.9. The molecule has 0 amide bonds. The third-order valence-electron chi connectivity index (χ3n) is 12.0. The summed E-state index contributed by atoms with van der Waals surface area (Å²) in [6.07, 6.45) is 7.30. The number of allylic oxidation sites excluding steroid dienone is 2. The van der Waals surface area contributed by atoms with E-state index in [-0.39, 0.29) is 35.4 Å². The van der Waals surface area contributed by atoms with Crippen molar-refractivity contribution in [3.63, 3.8) is 0 Å². The Labute approximate surface area is 264 Å². The minimum atomic E-state index is -1.41. The number of aliphatic hydroxyl groups is 2. The van der Waals surface area contributed by atoms with Gasteiger partial charge in [0, 0.05) is 35.9 Å². The van der Waals surface area contributed by atoms with Crippen LogP contribution in [0.4, 0.5) is 5.69 Å².